The molecule has 0 amide bonds. The Kier molecular flexibility index (Phi) is 7.10. The van der Waals surface area contributed by atoms with Crippen molar-refractivity contribution in [2.75, 3.05) is 26.8 Å². The predicted octanol–water partition coefficient (Wildman–Crippen LogP) is 1.80. The minimum Gasteiger partial charge on any atom is -0.356 e. The van der Waals surface area contributed by atoms with Crippen molar-refractivity contribution < 1.29 is 4.39 Å². The highest BCUT2D eigenvalue weighted by Crippen LogP contribution is 2.05. The van der Waals surface area contributed by atoms with Gasteiger partial charge in [-0.1, -0.05) is 17.7 Å². The molecule has 0 aliphatic heterocycles. The van der Waals surface area contributed by atoms with Gasteiger partial charge in [-0.2, -0.15) is 0 Å². The van der Waals surface area contributed by atoms with E-state index in [0.717, 1.165) is 18.5 Å². The summed E-state index contributed by atoms with van der Waals surface area (Å²) in [7, 11) is 1.69. The molecule has 2 N–H and O–H groups in total. The molecule has 0 fully saturated rings. The number of hydrogen-bond donors (Lipinski definition) is 2. The van der Waals surface area contributed by atoms with E-state index in [1.807, 2.05) is 6.07 Å². The van der Waals surface area contributed by atoms with Gasteiger partial charge in [-0.3, -0.25) is 9.38 Å². The van der Waals surface area contributed by atoms with Crippen LogP contribution >= 0.6 is 11.6 Å². The van der Waals surface area contributed by atoms with Gasteiger partial charge in [0.25, 0.3) is 0 Å². The first kappa shape index (κ1) is 14.7. The maximum absolute atomic E-state index is 11.9. The minimum absolute atomic E-state index is 0.319. The fourth-order valence-corrected chi connectivity index (χ4v) is 1.49. The number of nitrogens with zero attached hydrogens (tertiary/aromatic N) is 2. The lowest BCUT2D eigenvalue weighted by Gasteiger charge is -2.11. The first-order valence-corrected chi connectivity index (χ1v) is 6.25. The van der Waals surface area contributed by atoms with E-state index in [1.54, 1.807) is 19.3 Å². The van der Waals surface area contributed by atoms with Crippen LogP contribution < -0.4 is 10.6 Å². The molecule has 6 heteroatoms. The molecule has 1 aromatic heterocycles. The molecule has 0 saturated heterocycles. The molecule has 0 aliphatic carbocycles. The Morgan fingerprint density at radius 3 is 2.78 bits per heavy atom. The summed E-state index contributed by atoms with van der Waals surface area (Å²) in [5, 5.41) is 6.67. The van der Waals surface area contributed by atoms with Crippen LogP contribution in [0.5, 0.6) is 0 Å². The number of nitrogens with one attached hydrogen (secondary N) is 2. The van der Waals surface area contributed by atoms with Crippen LogP contribution in [0.15, 0.2) is 23.3 Å². The quantitative estimate of drug-likeness (QED) is 0.359. The van der Waals surface area contributed by atoms with E-state index >= 15 is 0 Å². The van der Waals surface area contributed by atoms with Gasteiger partial charge >= 0.3 is 0 Å². The van der Waals surface area contributed by atoms with Crippen molar-refractivity contribution in [1.29, 1.82) is 0 Å². The second-order valence-electron chi connectivity index (χ2n) is 3.71. The Labute approximate surface area is 112 Å². The van der Waals surface area contributed by atoms with Gasteiger partial charge in [0.15, 0.2) is 5.96 Å². The lowest BCUT2D eigenvalue weighted by molar-refractivity contribution is 0.470. The van der Waals surface area contributed by atoms with E-state index in [-0.39, 0.29) is 6.67 Å². The molecule has 100 valence electrons. The van der Waals surface area contributed by atoms with Crippen molar-refractivity contribution in [3.05, 3.63) is 29.0 Å². The largest absolute Gasteiger partial charge is 0.356 e. The van der Waals surface area contributed by atoms with Gasteiger partial charge in [-0.05, 0) is 24.5 Å². The second-order valence-corrected chi connectivity index (χ2v) is 4.09. The first-order valence-electron chi connectivity index (χ1n) is 5.87. The molecule has 0 unspecified atom stereocenters. The fourth-order valence-electron chi connectivity index (χ4n) is 1.37. The van der Waals surface area contributed by atoms with E-state index in [4.69, 9.17) is 11.6 Å². The van der Waals surface area contributed by atoms with Crippen LogP contribution in [-0.4, -0.2) is 37.8 Å². The molecule has 18 heavy (non-hydrogen) atoms. The van der Waals surface area contributed by atoms with Gasteiger partial charge in [0, 0.05) is 26.3 Å². The third-order valence-electron chi connectivity index (χ3n) is 2.32. The molecule has 0 aliphatic rings. The topological polar surface area (TPSA) is 49.3 Å². The first-order chi connectivity index (χ1) is 8.76. The zero-order chi connectivity index (χ0) is 13.2. The van der Waals surface area contributed by atoms with Crippen LogP contribution in [0.25, 0.3) is 0 Å². The summed E-state index contributed by atoms with van der Waals surface area (Å²) in [6, 6.07) is 3.71. The lowest BCUT2D eigenvalue weighted by Crippen LogP contribution is -2.38. The highest BCUT2D eigenvalue weighted by atomic mass is 35.5. The van der Waals surface area contributed by atoms with Gasteiger partial charge in [-0.15, -0.1) is 0 Å². The molecule has 0 radical (unpaired) electrons. The van der Waals surface area contributed by atoms with Crippen LogP contribution in [0, 0.1) is 0 Å². The molecular weight excluding hydrogens is 255 g/mol. The smallest absolute Gasteiger partial charge is 0.190 e. The highest BCUT2D eigenvalue weighted by Gasteiger charge is 1.98. The van der Waals surface area contributed by atoms with Gasteiger partial charge < -0.3 is 10.6 Å². The van der Waals surface area contributed by atoms with Gasteiger partial charge in [0.05, 0.1) is 6.67 Å². The van der Waals surface area contributed by atoms with Gasteiger partial charge in [0.1, 0.15) is 5.15 Å². The Balaban J connectivity index is 2.25. The third-order valence-corrected chi connectivity index (χ3v) is 2.54. The molecule has 0 bridgehead atoms. The number of pyridine rings is 1. The number of halogens is 2. The number of aliphatic imine (C=N–C) groups is 1. The van der Waals surface area contributed by atoms with Crippen molar-refractivity contribution >= 4 is 17.6 Å². The molecule has 1 rings (SSSR count). The van der Waals surface area contributed by atoms with E-state index in [2.05, 4.69) is 20.6 Å². The zero-order valence-electron chi connectivity index (χ0n) is 10.4. The van der Waals surface area contributed by atoms with E-state index in [1.165, 1.54) is 0 Å². The molecule has 4 nitrogen and oxygen atoms in total. The lowest BCUT2D eigenvalue weighted by atomic mass is 10.2. The Hall–Kier alpha value is -1.36. The SMILES string of the molecule is CN=C(NCCCF)NCCc1ccc(Cl)nc1. The molecule has 0 saturated carbocycles. The highest BCUT2D eigenvalue weighted by molar-refractivity contribution is 6.29. The van der Waals surface area contributed by atoms with E-state index in [9.17, 15) is 4.39 Å². The number of hydrogen-bond acceptors (Lipinski definition) is 2. The molecule has 0 aromatic carbocycles. The number of aromatic nitrogens is 1. The molecular formula is C12H18ClFN4. The van der Waals surface area contributed by atoms with E-state index in [0.29, 0.717) is 24.1 Å². The maximum Gasteiger partial charge on any atom is 0.190 e. The monoisotopic (exact) mass is 272 g/mol. The second kappa shape index (κ2) is 8.69. The maximum atomic E-state index is 11.9. The molecule has 0 atom stereocenters. The van der Waals surface area contributed by atoms with Crippen LogP contribution in [0.4, 0.5) is 4.39 Å². The van der Waals surface area contributed by atoms with Gasteiger partial charge in [-0.25, -0.2) is 4.98 Å². The average Bonchev–Trinajstić information content (AvgIpc) is 2.39. The molecule has 1 aromatic rings. The Morgan fingerprint density at radius 1 is 1.39 bits per heavy atom. The average molecular weight is 273 g/mol. The standard InChI is InChI=1S/C12H18ClFN4/c1-15-12(16-7-2-6-14)17-8-5-10-3-4-11(13)18-9-10/h3-4,9H,2,5-8H2,1H3,(H2,15,16,17). The summed E-state index contributed by atoms with van der Waals surface area (Å²) in [5.41, 5.74) is 1.10. The van der Waals surface area contributed by atoms with Gasteiger partial charge in [0.2, 0.25) is 0 Å². The number of guanidine groups is 1. The fraction of sp³-hybridized carbons (Fsp3) is 0.500. The summed E-state index contributed by atoms with van der Waals surface area (Å²) < 4.78 is 11.9. The zero-order valence-corrected chi connectivity index (χ0v) is 11.2. The molecule has 0 spiro atoms. The van der Waals surface area contributed by atoms with Crippen LogP contribution in [0.2, 0.25) is 5.15 Å². The van der Waals surface area contributed by atoms with Crippen LogP contribution in [0.3, 0.4) is 0 Å². The normalized spacial score (nSPS) is 11.4. The Bertz CT molecular complexity index is 367. The number of alkyl halides is 1. The van der Waals surface area contributed by atoms with Crippen molar-refractivity contribution in [3.63, 3.8) is 0 Å². The van der Waals surface area contributed by atoms with Crippen molar-refractivity contribution in [2.24, 2.45) is 4.99 Å². The third kappa shape index (κ3) is 5.82. The summed E-state index contributed by atoms with van der Waals surface area (Å²) in [5.74, 6) is 0.686. The van der Waals surface area contributed by atoms with Crippen molar-refractivity contribution in [2.45, 2.75) is 12.8 Å². The van der Waals surface area contributed by atoms with E-state index < -0.39 is 0 Å². The summed E-state index contributed by atoms with van der Waals surface area (Å²) in [4.78, 5) is 8.05. The summed E-state index contributed by atoms with van der Waals surface area (Å²) in [6.45, 7) is 0.998. The Morgan fingerprint density at radius 2 is 2.17 bits per heavy atom. The summed E-state index contributed by atoms with van der Waals surface area (Å²) >= 11 is 5.70. The number of rotatable bonds is 6. The molecule has 1 heterocycles. The summed E-state index contributed by atoms with van der Waals surface area (Å²) in [6.07, 6.45) is 3.07. The van der Waals surface area contributed by atoms with Crippen LogP contribution in [-0.2, 0) is 6.42 Å². The predicted molar refractivity (Wildman–Crippen MR) is 72.9 cm³/mol. The van der Waals surface area contributed by atoms with Crippen LogP contribution in [0.1, 0.15) is 12.0 Å². The van der Waals surface area contributed by atoms with Crippen molar-refractivity contribution in [3.8, 4) is 0 Å². The minimum atomic E-state index is -0.319. The van der Waals surface area contributed by atoms with Crippen molar-refractivity contribution in [1.82, 2.24) is 15.6 Å².